The third kappa shape index (κ3) is 3.16. The third-order valence-electron chi connectivity index (χ3n) is 3.52. The highest BCUT2D eigenvalue weighted by molar-refractivity contribution is 5.77. The lowest BCUT2D eigenvalue weighted by molar-refractivity contribution is 0.625. The van der Waals surface area contributed by atoms with E-state index in [0.29, 0.717) is 0 Å². The minimum atomic E-state index is 1.00. The molecule has 0 radical (unpaired) electrons. The molecule has 1 aromatic carbocycles. The number of hydrogen-bond acceptors (Lipinski definition) is 2. The largest absolute Gasteiger partial charge is 0.328 e. The maximum Gasteiger partial charge on any atom is 0.111 e. The molecule has 0 spiro atoms. The molecule has 19 heavy (non-hydrogen) atoms. The number of nitrogens with one attached hydrogen (secondary N) is 1. The van der Waals surface area contributed by atoms with Gasteiger partial charge in [0.2, 0.25) is 0 Å². The lowest BCUT2D eigenvalue weighted by atomic mass is 10.1. The fourth-order valence-corrected chi connectivity index (χ4v) is 2.49. The Hall–Kier alpha value is -1.35. The second kappa shape index (κ2) is 6.71. The van der Waals surface area contributed by atoms with E-state index in [-0.39, 0.29) is 0 Å². The van der Waals surface area contributed by atoms with E-state index in [1.54, 1.807) is 0 Å². The Morgan fingerprint density at radius 1 is 1.21 bits per heavy atom. The average molecular weight is 259 g/mol. The molecule has 0 aliphatic rings. The molecular weight excluding hydrogens is 234 g/mol. The number of aryl methyl sites for hydroxylation is 2. The molecule has 0 atom stereocenters. The van der Waals surface area contributed by atoms with E-state index in [4.69, 9.17) is 4.98 Å². The van der Waals surface area contributed by atoms with Crippen molar-refractivity contribution in [3.05, 3.63) is 29.6 Å². The van der Waals surface area contributed by atoms with E-state index in [1.165, 1.54) is 16.9 Å². The predicted octanol–water partition coefficient (Wildman–Crippen LogP) is 3.16. The number of nitrogens with zero attached hydrogens (tertiary/aromatic N) is 2. The first kappa shape index (κ1) is 14.1. The summed E-state index contributed by atoms with van der Waals surface area (Å²) < 4.78 is 2.38. The van der Waals surface area contributed by atoms with E-state index >= 15 is 0 Å². The lowest BCUT2D eigenvalue weighted by Gasteiger charge is -2.08. The van der Waals surface area contributed by atoms with Crippen molar-refractivity contribution in [1.29, 1.82) is 0 Å². The standard InChI is InChI=1S/C16H25N3/c1-4-11-19-15-8-7-13(5-2)12-14(15)18-16(19)9-10-17-6-3/h7-8,12,17H,4-6,9-11H2,1-3H3. The van der Waals surface area contributed by atoms with Gasteiger partial charge >= 0.3 is 0 Å². The lowest BCUT2D eigenvalue weighted by Crippen LogP contribution is -2.18. The van der Waals surface area contributed by atoms with Crippen LogP contribution in [-0.4, -0.2) is 22.6 Å². The van der Waals surface area contributed by atoms with Crippen LogP contribution in [0.3, 0.4) is 0 Å². The SMILES string of the molecule is CCCn1c(CCNCC)nc2cc(CC)ccc21. The molecule has 0 saturated heterocycles. The molecule has 0 saturated carbocycles. The van der Waals surface area contributed by atoms with Crippen LogP contribution in [0, 0.1) is 0 Å². The van der Waals surface area contributed by atoms with Crippen molar-refractivity contribution >= 4 is 11.0 Å². The zero-order valence-corrected chi connectivity index (χ0v) is 12.4. The maximum absolute atomic E-state index is 4.83. The van der Waals surface area contributed by atoms with Gasteiger partial charge in [-0.1, -0.05) is 26.8 Å². The minimum Gasteiger partial charge on any atom is -0.328 e. The molecule has 3 heteroatoms. The normalized spacial score (nSPS) is 11.3. The van der Waals surface area contributed by atoms with Crippen molar-refractivity contribution in [2.45, 2.75) is 46.6 Å². The van der Waals surface area contributed by atoms with Crippen LogP contribution in [0.25, 0.3) is 11.0 Å². The molecule has 0 unspecified atom stereocenters. The second-order valence-electron chi connectivity index (χ2n) is 4.96. The second-order valence-corrected chi connectivity index (χ2v) is 4.96. The van der Waals surface area contributed by atoms with Gasteiger partial charge in [0, 0.05) is 19.5 Å². The van der Waals surface area contributed by atoms with Gasteiger partial charge in [-0.2, -0.15) is 0 Å². The molecule has 0 aliphatic heterocycles. The Morgan fingerprint density at radius 3 is 2.74 bits per heavy atom. The summed E-state index contributed by atoms with van der Waals surface area (Å²) in [6.07, 6.45) is 3.22. The number of hydrogen-bond donors (Lipinski definition) is 1. The predicted molar refractivity (Wildman–Crippen MR) is 81.6 cm³/mol. The van der Waals surface area contributed by atoms with Crippen LogP contribution in [0.15, 0.2) is 18.2 Å². The van der Waals surface area contributed by atoms with Gasteiger partial charge in [0.25, 0.3) is 0 Å². The monoisotopic (exact) mass is 259 g/mol. The molecule has 0 bridgehead atoms. The van der Waals surface area contributed by atoms with Crippen molar-refractivity contribution in [2.75, 3.05) is 13.1 Å². The van der Waals surface area contributed by atoms with Gasteiger partial charge in [-0.25, -0.2) is 4.98 Å². The summed E-state index contributed by atoms with van der Waals surface area (Å²) in [4.78, 5) is 4.83. The van der Waals surface area contributed by atoms with Gasteiger partial charge in [-0.15, -0.1) is 0 Å². The molecule has 2 aromatic rings. The van der Waals surface area contributed by atoms with Crippen LogP contribution in [0.4, 0.5) is 0 Å². The summed E-state index contributed by atoms with van der Waals surface area (Å²) in [5.41, 5.74) is 3.80. The molecule has 104 valence electrons. The van der Waals surface area contributed by atoms with Crippen LogP contribution in [0.5, 0.6) is 0 Å². The molecular formula is C16H25N3. The number of rotatable bonds is 7. The van der Waals surface area contributed by atoms with Gasteiger partial charge in [0.1, 0.15) is 5.82 Å². The number of benzene rings is 1. The smallest absolute Gasteiger partial charge is 0.111 e. The highest BCUT2D eigenvalue weighted by atomic mass is 15.1. The van der Waals surface area contributed by atoms with Gasteiger partial charge in [-0.05, 0) is 37.1 Å². The fraction of sp³-hybridized carbons (Fsp3) is 0.562. The van der Waals surface area contributed by atoms with Crippen LogP contribution in [-0.2, 0) is 19.4 Å². The number of fused-ring (bicyclic) bond motifs is 1. The van der Waals surface area contributed by atoms with E-state index in [1.807, 2.05) is 0 Å². The highest BCUT2D eigenvalue weighted by Crippen LogP contribution is 2.19. The van der Waals surface area contributed by atoms with E-state index in [2.05, 4.69) is 48.9 Å². The number of aromatic nitrogens is 2. The summed E-state index contributed by atoms with van der Waals surface area (Å²) in [6.45, 7) is 9.64. The Balaban J connectivity index is 2.34. The van der Waals surface area contributed by atoms with Crippen LogP contribution < -0.4 is 5.32 Å². The van der Waals surface area contributed by atoms with E-state index in [0.717, 1.165) is 44.4 Å². The minimum absolute atomic E-state index is 1.00. The third-order valence-corrected chi connectivity index (χ3v) is 3.52. The van der Waals surface area contributed by atoms with Gasteiger partial charge in [-0.3, -0.25) is 0 Å². The summed E-state index contributed by atoms with van der Waals surface area (Å²) >= 11 is 0. The van der Waals surface area contributed by atoms with Crippen molar-refractivity contribution < 1.29 is 0 Å². The molecule has 2 rings (SSSR count). The molecule has 0 amide bonds. The first-order chi connectivity index (χ1) is 9.30. The maximum atomic E-state index is 4.83. The molecule has 1 heterocycles. The molecule has 3 nitrogen and oxygen atoms in total. The van der Waals surface area contributed by atoms with Crippen LogP contribution >= 0.6 is 0 Å². The first-order valence-electron chi connectivity index (χ1n) is 7.48. The number of likely N-dealkylation sites (N-methyl/N-ethyl adjacent to an activating group) is 1. The summed E-state index contributed by atoms with van der Waals surface area (Å²) in [7, 11) is 0. The van der Waals surface area contributed by atoms with Crippen LogP contribution in [0.1, 0.15) is 38.6 Å². The van der Waals surface area contributed by atoms with Crippen molar-refractivity contribution in [1.82, 2.24) is 14.9 Å². The van der Waals surface area contributed by atoms with E-state index in [9.17, 15) is 0 Å². The average Bonchev–Trinajstić information content (AvgIpc) is 2.77. The fourth-order valence-electron chi connectivity index (χ4n) is 2.49. The zero-order valence-electron chi connectivity index (χ0n) is 12.4. The highest BCUT2D eigenvalue weighted by Gasteiger charge is 2.10. The summed E-state index contributed by atoms with van der Waals surface area (Å²) in [5, 5.41) is 3.38. The molecule has 0 fully saturated rings. The Morgan fingerprint density at radius 2 is 2.05 bits per heavy atom. The Kier molecular flexibility index (Phi) is 4.97. The summed E-state index contributed by atoms with van der Waals surface area (Å²) in [6, 6.07) is 6.69. The van der Waals surface area contributed by atoms with Crippen molar-refractivity contribution in [2.24, 2.45) is 0 Å². The topological polar surface area (TPSA) is 29.9 Å². The van der Waals surface area contributed by atoms with Crippen LogP contribution in [0.2, 0.25) is 0 Å². The molecule has 1 N–H and O–H groups in total. The van der Waals surface area contributed by atoms with Crippen molar-refractivity contribution in [3.63, 3.8) is 0 Å². The van der Waals surface area contributed by atoms with E-state index < -0.39 is 0 Å². The Bertz CT molecular complexity index is 528. The Labute approximate surface area is 116 Å². The van der Waals surface area contributed by atoms with Gasteiger partial charge in [0.15, 0.2) is 0 Å². The number of imidazole rings is 1. The van der Waals surface area contributed by atoms with Crippen molar-refractivity contribution in [3.8, 4) is 0 Å². The molecule has 0 aliphatic carbocycles. The zero-order chi connectivity index (χ0) is 13.7. The summed E-state index contributed by atoms with van der Waals surface area (Å²) in [5.74, 6) is 1.21. The quantitative estimate of drug-likeness (QED) is 0.774. The first-order valence-corrected chi connectivity index (χ1v) is 7.48. The van der Waals surface area contributed by atoms with Gasteiger partial charge in [0.05, 0.1) is 11.0 Å². The van der Waals surface area contributed by atoms with Gasteiger partial charge < -0.3 is 9.88 Å². The molecule has 1 aromatic heterocycles.